The number of hydrogen-bond acceptors (Lipinski definition) is 1. The van der Waals surface area contributed by atoms with E-state index < -0.39 is 0 Å². The van der Waals surface area contributed by atoms with Gasteiger partial charge in [-0.2, -0.15) is 0 Å². The van der Waals surface area contributed by atoms with Crippen molar-refractivity contribution in [3.05, 3.63) is 36.0 Å². The molecule has 0 aromatic carbocycles. The minimum Gasteiger partial charge on any atom is -0.294 e. The zero-order valence-corrected chi connectivity index (χ0v) is 10.2. The highest BCUT2D eigenvalue weighted by Gasteiger charge is 2.44. The van der Waals surface area contributed by atoms with E-state index in [1.54, 1.807) is 6.08 Å². The van der Waals surface area contributed by atoms with E-state index in [1.807, 2.05) is 13.0 Å². The van der Waals surface area contributed by atoms with Crippen LogP contribution in [0.3, 0.4) is 0 Å². The predicted octanol–water partition coefficient (Wildman–Crippen LogP) is 3.82. The van der Waals surface area contributed by atoms with E-state index in [1.165, 1.54) is 5.57 Å². The van der Waals surface area contributed by atoms with E-state index in [9.17, 15) is 4.79 Å². The van der Waals surface area contributed by atoms with E-state index in [4.69, 9.17) is 0 Å². The maximum Gasteiger partial charge on any atom is 0.163 e. The zero-order chi connectivity index (χ0) is 11.6. The second-order valence-corrected chi connectivity index (χ2v) is 5.06. The average molecular weight is 216 g/mol. The Kier molecular flexibility index (Phi) is 3.13. The van der Waals surface area contributed by atoms with Crippen molar-refractivity contribution in [1.29, 1.82) is 0 Å². The van der Waals surface area contributed by atoms with Crippen LogP contribution < -0.4 is 0 Å². The molecule has 16 heavy (non-hydrogen) atoms. The lowest BCUT2D eigenvalue weighted by Gasteiger charge is -2.40. The summed E-state index contributed by atoms with van der Waals surface area (Å²) in [6, 6.07) is 0. The van der Waals surface area contributed by atoms with Crippen LogP contribution in [-0.4, -0.2) is 5.78 Å². The monoisotopic (exact) mass is 216 g/mol. The first kappa shape index (κ1) is 11.4. The maximum absolute atomic E-state index is 12.2. The smallest absolute Gasteiger partial charge is 0.163 e. The Morgan fingerprint density at radius 1 is 1.44 bits per heavy atom. The van der Waals surface area contributed by atoms with E-state index in [2.05, 4.69) is 25.2 Å². The molecule has 0 amide bonds. The number of carbonyl (C=O) groups excluding carboxylic acids is 1. The van der Waals surface area contributed by atoms with Crippen molar-refractivity contribution in [2.24, 2.45) is 11.3 Å². The first-order valence-electron chi connectivity index (χ1n) is 6.18. The van der Waals surface area contributed by atoms with Gasteiger partial charge in [0.1, 0.15) is 0 Å². The van der Waals surface area contributed by atoms with Crippen molar-refractivity contribution >= 4 is 5.78 Å². The molecule has 0 aliphatic heterocycles. The molecule has 1 spiro atoms. The Morgan fingerprint density at radius 2 is 2.12 bits per heavy atom. The number of allylic oxidation sites excluding steroid dienone is 6. The lowest BCUT2D eigenvalue weighted by molar-refractivity contribution is -0.121. The molecule has 0 heterocycles. The molecule has 0 aromatic rings. The van der Waals surface area contributed by atoms with Crippen LogP contribution in [0.15, 0.2) is 36.0 Å². The molecule has 0 aromatic heterocycles. The molecule has 0 bridgehead atoms. The van der Waals surface area contributed by atoms with Crippen LogP contribution in [0.2, 0.25) is 0 Å². The maximum atomic E-state index is 12.2. The van der Waals surface area contributed by atoms with Crippen molar-refractivity contribution in [3.8, 4) is 0 Å². The van der Waals surface area contributed by atoms with Crippen LogP contribution in [0.5, 0.6) is 0 Å². The molecule has 1 unspecified atom stereocenters. The van der Waals surface area contributed by atoms with Gasteiger partial charge in [-0.3, -0.25) is 4.79 Å². The minimum atomic E-state index is 0.118. The third-order valence-electron chi connectivity index (χ3n) is 4.01. The van der Waals surface area contributed by atoms with Crippen LogP contribution in [0.4, 0.5) is 0 Å². The molecule has 0 radical (unpaired) electrons. The van der Waals surface area contributed by atoms with Gasteiger partial charge in [0.25, 0.3) is 0 Å². The van der Waals surface area contributed by atoms with Crippen molar-refractivity contribution in [2.45, 2.75) is 39.5 Å². The Hall–Kier alpha value is -1.11. The summed E-state index contributed by atoms with van der Waals surface area (Å²) in [5, 5.41) is 0. The fourth-order valence-electron chi connectivity index (χ4n) is 3.28. The predicted molar refractivity (Wildman–Crippen MR) is 67.1 cm³/mol. The van der Waals surface area contributed by atoms with Crippen molar-refractivity contribution in [3.63, 3.8) is 0 Å². The quantitative estimate of drug-likeness (QED) is 0.506. The van der Waals surface area contributed by atoms with Crippen LogP contribution in [-0.2, 0) is 4.79 Å². The van der Waals surface area contributed by atoms with Gasteiger partial charge < -0.3 is 0 Å². The molecule has 1 heteroatoms. The molecule has 2 aliphatic carbocycles. The first-order valence-corrected chi connectivity index (χ1v) is 6.18. The second kappa shape index (κ2) is 4.40. The first-order chi connectivity index (χ1) is 7.69. The fraction of sp³-hybridized carbons (Fsp3) is 0.533. The van der Waals surface area contributed by atoms with Gasteiger partial charge in [-0.25, -0.2) is 0 Å². The van der Waals surface area contributed by atoms with Crippen LogP contribution in [0, 0.1) is 11.3 Å². The van der Waals surface area contributed by atoms with Crippen molar-refractivity contribution in [1.82, 2.24) is 0 Å². The fourth-order valence-corrected chi connectivity index (χ4v) is 3.28. The van der Waals surface area contributed by atoms with Crippen LogP contribution >= 0.6 is 0 Å². The molecular formula is C15H20O. The molecule has 1 nitrogen and oxygen atoms in total. The van der Waals surface area contributed by atoms with Gasteiger partial charge in [-0.1, -0.05) is 29.9 Å². The van der Waals surface area contributed by atoms with Gasteiger partial charge in [0.2, 0.25) is 0 Å². The molecule has 2 rings (SSSR count). The number of hydrogen-bond donors (Lipinski definition) is 0. The summed E-state index contributed by atoms with van der Waals surface area (Å²) >= 11 is 0. The molecule has 86 valence electrons. The lowest BCUT2D eigenvalue weighted by atomic mass is 9.63. The third-order valence-corrected chi connectivity index (χ3v) is 4.01. The van der Waals surface area contributed by atoms with Crippen molar-refractivity contribution in [2.75, 3.05) is 0 Å². The molecule has 0 N–H and O–H groups in total. The van der Waals surface area contributed by atoms with Crippen LogP contribution in [0.25, 0.3) is 0 Å². The molecule has 0 fully saturated rings. The Balaban J connectivity index is 2.31. The summed E-state index contributed by atoms with van der Waals surface area (Å²) in [5.74, 6) is 0.409. The standard InChI is InChI=1S/C15H20O/c1-3-7-13(16)14-12(2)8-6-11-15(14)9-4-5-10-15/h3-5,7-8,14H,6,9-11H2,1-2H3. The Morgan fingerprint density at radius 3 is 2.75 bits per heavy atom. The topological polar surface area (TPSA) is 17.1 Å². The highest BCUT2D eigenvalue weighted by Crippen LogP contribution is 2.50. The number of ketones is 1. The summed E-state index contributed by atoms with van der Waals surface area (Å²) in [7, 11) is 0. The second-order valence-electron chi connectivity index (χ2n) is 5.06. The highest BCUT2D eigenvalue weighted by molar-refractivity contribution is 5.94. The van der Waals surface area contributed by atoms with Crippen LogP contribution in [0.1, 0.15) is 39.5 Å². The van der Waals surface area contributed by atoms with Gasteiger partial charge in [0.15, 0.2) is 5.78 Å². The van der Waals surface area contributed by atoms with E-state index in [0.717, 1.165) is 25.7 Å². The zero-order valence-electron chi connectivity index (χ0n) is 10.2. The highest BCUT2D eigenvalue weighted by atomic mass is 16.1. The van der Waals surface area contributed by atoms with E-state index in [-0.39, 0.29) is 11.3 Å². The minimum absolute atomic E-state index is 0.118. The van der Waals surface area contributed by atoms with Gasteiger partial charge in [0.05, 0.1) is 0 Å². The van der Waals surface area contributed by atoms with E-state index in [0.29, 0.717) is 5.78 Å². The number of rotatable bonds is 2. The SMILES string of the molecule is CC=CC(=O)C1C(C)=CCCC12CC=CC2. The van der Waals surface area contributed by atoms with Gasteiger partial charge in [0, 0.05) is 5.92 Å². The third kappa shape index (κ3) is 1.79. The van der Waals surface area contributed by atoms with Crippen molar-refractivity contribution < 1.29 is 4.79 Å². The lowest BCUT2D eigenvalue weighted by Crippen LogP contribution is -2.36. The summed E-state index contributed by atoms with van der Waals surface area (Å²) in [4.78, 5) is 12.2. The summed E-state index contributed by atoms with van der Waals surface area (Å²) in [5.41, 5.74) is 1.48. The van der Waals surface area contributed by atoms with Gasteiger partial charge in [-0.05, 0) is 51.0 Å². The molecule has 0 saturated heterocycles. The summed E-state index contributed by atoms with van der Waals surface area (Å²) in [6.07, 6.45) is 14.8. The Labute approximate surface area is 97.9 Å². The average Bonchev–Trinajstić information content (AvgIpc) is 2.67. The van der Waals surface area contributed by atoms with Gasteiger partial charge in [-0.15, -0.1) is 0 Å². The largest absolute Gasteiger partial charge is 0.294 e. The molecule has 0 saturated carbocycles. The molecular weight excluding hydrogens is 196 g/mol. The summed E-state index contributed by atoms with van der Waals surface area (Å²) in [6.45, 7) is 4.03. The molecule has 2 aliphatic rings. The summed E-state index contributed by atoms with van der Waals surface area (Å²) < 4.78 is 0. The molecule has 1 atom stereocenters. The Bertz CT molecular complexity index is 363. The normalized spacial score (nSPS) is 27.6. The van der Waals surface area contributed by atoms with Gasteiger partial charge >= 0.3 is 0 Å². The van der Waals surface area contributed by atoms with E-state index >= 15 is 0 Å². The number of carbonyl (C=O) groups is 1.